The molecule has 0 spiro atoms. The summed E-state index contributed by atoms with van der Waals surface area (Å²) in [5.74, 6) is -1.87. The number of hydrogen-bond acceptors (Lipinski definition) is 7. The largest absolute Gasteiger partial charge is 0.463 e. The first-order chi connectivity index (χ1) is 14.3. The summed E-state index contributed by atoms with van der Waals surface area (Å²) >= 11 is 0. The molecule has 0 atom stereocenters. The number of carbonyl (C=O) groups is 3. The van der Waals surface area contributed by atoms with Gasteiger partial charge in [0, 0.05) is 6.08 Å². The van der Waals surface area contributed by atoms with Crippen LogP contribution in [0.5, 0.6) is 0 Å². The van der Waals surface area contributed by atoms with Gasteiger partial charge in [-0.25, -0.2) is 4.79 Å². The fourth-order valence-corrected chi connectivity index (χ4v) is 2.98. The zero-order valence-electron chi connectivity index (χ0n) is 16.6. The van der Waals surface area contributed by atoms with E-state index in [9.17, 15) is 19.2 Å². The number of rotatable bonds is 6. The van der Waals surface area contributed by atoms with E-state index in [0.717, 1.165) is 6.08 Å². The maximum absolute atomic E-state index is 12.5. The molecule has 0 fully saturated rings. The lowest BCUT2D eigenvalue weighted by Crippen LogP contribution is -2.15. The molecule has 0 radical (unpaired) electrons. The number of ketones is 1. The van der Waals surface area contributed by atoms with Gasteiger partial charge in [-0.05, 0) is 39.0 Å². The zero-order chi connectivity index (χ0) is 21.8. The molecule has 0 aliphatic carbocycles. The minimum Gasteiger partial charge on any atom is -0.463 e. The summed E-state index contributed by atoms with van der Waals surface area (Å²) in [4.78, 5) is 49.0. The van der Waals surface area contributed by atoms with E-state index in [1.54, 1.807) is 31.2 Å². The minimum atomic E-state index is -0.783. The Labute approximate surface area is 171 Å². The first-order valence-electron chi connectivity index (χ1n) is 9.14. The third-order valence-corrected chi connectivity index (χ3v) is 4.27. The normalized spacial score (nSPS) is 11.0. The molecule has 0 saturated heterocycles. The van der Waals surface area contributed by atoms with Gasteiger partial charge in [0.15, 0.2) is 11.2 Å². The molecule has 1 N–H and O–H groups in total. The Morgan fingerprint density at radius 2 is 1.90 bits per heavy atom. The number of carbonyl (C=O) groups excluding carboxylic acids is 3. The SMILES string of the molecule is CCOC(=O)c1c(NC(=O)/C=C/c2coc3ccccc3c2=O)oc(C)c1C(C)=O. The number of anilines is 1. The molecule has 2 heterocycles. The van der Waals surface area contributed by atoms with Crippen LogP contribution in [0.3, 0.4) is 0 Å². The molecule has 0 saturated carbocycles. The summed E-state index contributed by atoms with van der Waals surface area (Å²) in [5.41, 5.74) is 0.220. The second-order valence-corrected chi connectivity index (χ2v) is 6.35. The van der Waals surface area contributed by atoms with Crippen LogP contribution in [0.2, 0.25) is 0 Å². The van der Waals surface area contributed by atoms with Gasteiger partial charge >= 0.3 is 5.97 Å². The van der Waals surface area contributed by atoms with Crippen molar-refractivity contribution in [3.8, 4) is 0 Å². The van der Waals surface area contributed by atoms with Crippen LogP contribution in [0.4, 0.5) is 5.88 Å². The number of furan rings is 1. The number of nitrogens with one attached hydrogen (secondary N) is 1. The fraction of sp³-hybridized carbons (Fsp3) is 0.182. The van der Waals surface area contributed by atoms with Crippen molar-refractivity contribution in [3.63, 3.8) is 0 Å². The van der Waals surface area contributed by atoms with Gasteiger partial charge in [0.2, 0.25) is 5.88 Å². The number of para-hydroxylation sites is 1. The number of Topliss-reactive ketones (excluding diaryl/α,β-unsaturated/α-hetero) is 1. The molecule has 8 heteroatoms. The first-order valence-corrected chi connectivity index (χ1v) is 9.14. The molecule has 3 rings (SSSR count). The van der Waals surface area contributed by atoms with Crippen molar-refractivity contribution < 1.29 is 28.0 Å². The van der Waals surface area contributed by atoms with Gasteiger partial charge in [0.1, 0.15) is 23.2 Å². The van der Waals surface area contributed by atoms with E-state index in [4.69, 9.17) is 13.6 Å². The van der Waals surface area contributed by atoms with Crippen LogP contribution < -0.4 is 10.7 Å². The Hall–Kier alpha value is -3.94. The summed E-state index contributed by atoms with van der Waals surface area (Å²) in [6.45, 7) is 4.50. The highest BCUT2D eigenvalue weighted by Crippen LogP contribution is 2.28. The Bertz CT molecular complexity index is 1230. The van der Waals surface area contributed by atoms with Crippen molar-refractivity contribution in [2.75, 3.05) is 11.9 Å². The maximum Gasteiger partial charge on any atom is 0.344 e. The molecule has 8 nitrogen and oxygen atoms in total. The lowest BCUT2D eigenvalue weighted by atomic mass is 10.1. The lowest BCUT2D eigenvalue weighted by Gasteiger charge is -2.04. The van der Waals surface area contributed by atoms with Crippen LogP contribution in [0.15, 0.2) is 50.2 Å². The molecule has 1 aromatic carbocycles. The van der Waals surface area contributed by atoms with Gasteiger partial charge < -0.3 is 13.6 Å². The van der Waals surface area contributed by atoms with E-state index in [1.165, 1.54) is 26.2 Å². The average molecular weight is 409 g/mol. The number of ether oxygens (including phenoxy) is 1. The number of aryl methyl sites for hydroxylation is 1. The molecule has 0 aliphatic rings. The van der Waals surface area contributed by atoms with Crippen molar-refractivity contribution in [2.24, 2.45) is 0 Å². The molecule has 30 heavy (non-hydrogen) atoms. The second-order valence-electron chi connectivity index (χ2n) is 6.35. The molecular formula is C22H19NO7. The number of amides is 1. The van der Waals surface area contributed by atoms with Gasteiger partial charge in [0.25, 0.3) is 5.91 Å². The highest BCUT2D eigenvalue weighted by molar-refractivity contribution is 6.12. The van der Waals surface area contributed by atoms with Gasteiger partial charge in [0.05, 0.1) is 23.1 Å². The Morgan fingerprint density at radius 3 is 2.60 bits per heavy atom. The summed E-state index contributed by atoms with van der Waals surface area (Å²) in [5, 5.41) is 2.80. The lowest BCUT2D eigenvalue weighted by molar-refractivity contribution is -0.111. The third kappa shape index (κ3) is 4.07. The van der Waals surface area contributed by atoms with E-state index in [0.29, 0.717) is 11.0 Å². The van der Waals surface area contributed by atoms with Crippen LogP contribution >= 0.6 is 0 Å². The number of benzene rings is 1. The maximum atomic E-state index is 12.5. The number of esters is 1. The monoisotopic (exact) mass is 409 g/mol. The average Bonchev–Trinajstić information content (AvgIpc) is 3.03. The van der Waals surface area contributed by atoms with Crippen LogP contribution in [-0.4, -0.2) is 24.3 Å². The van der Waals surface area contributed by atoms with Crippen molar-refractivity contribution in [3.05, 3.63) is 69.3 Å². The molecule has 2 aromatic heterocycles. The van der Waals surface area contributed by atoms with Gasteiger partial charge in [-0.1, -0.05) is 12.1 Å². The summed E-state index contributed by atoms with van der Waals surface area (Å²) in [6, 6.07) is 6.75. The fourth-order valence-electron chi connectivity index (χ4n) is 2.98. The summed E-state index contributed by atoms with van der Waals surface area (Å²) < 4.78 is 15.8. The molecule has 154 valence electrons. The predicted octanol–water partition coefficient (Wildman–Crippen LogP) is 3.73. The topological polar surface area (TPSA) is 116 Å². The number of hydrogen-bond donors (Lipinski definition) is 1. The van der Waals surface area contributed by atoms with Crippen LogP contribution in [0.25, 0.3) is 17.0 Å². The van der Waals surface area contributed by atoms with E-state index >= 15 is 0 Å². The highest BCUT2D eigenvalue weighted by atomic mass is 16.5. The smallest absolute Gasteiger partial charge is 0.344 e. The van der Waals surface area contributed by atoms with E-state index in [1.807, 2.05) is 0 Å². The molecule has 0 aliphatic heterocycles. The molecule has 0 unspecified atom stereocenters. The predicted molar refractivity (Wildman–Crippen MR) is 110 cm³/mol. The first kappa shape index (κ1) is 20.8. The molecule has 0 bridgehead atoms. The Kier molecular flexibility index (Phi) is 5.96. The quantitative estimate of drug-likeness (QED) is 0.375. The Morgan fingerprint density at radius 1 is 1.17 bits per heavy atom. The molecular weight excluding hydrogens is 390 g/mol. The number of fused-ring (bicyclic) bond motifs is 1. The zero-order valence-corrected chi connectivity index (χ0v) is 16.6. The van der Waals surface area contributed by atoms with Crippen LogP contribution in [0.1, 0.15) is 45.9 Å². The van der Waals surface area contributed by atoms with Crippen molar-refractivity contribution in [1.82, 2.24) is 0 Å². The minimum absolute atomic E-state index is 0.0444. The van der Waals surface area contributed by atoms with Crippen molar-refractivity contribution in [2.45, 2.75) is 20.8 Å². The van der Waals surface area contributed by atoms with Gasteiger partial charge in [-0.15, -0.1) is 0 Å². The van der Waals surface area contributed by atoms with Gasteiger partial charge in [-0.2, -0.15) is 0 Å². The Balaban J connectivity index is 1.89. The summed E-state index contributed by atoms with van der Waals surface area (Å²) in [6.07, 6.45) is 3.64. The van der Waals surface area contributed by atoms with Crippen LogP contribution in [-0.2, 0) is 9.53 Å². The van der Waals surface area contributed by atoms with Gasteiger partial charge in [-0.3, -0.25) is 19.7 Å². The van der Waals surface area contributed by atoms with Crippen molar-refractivity contribution >= 4 is 40.6 Å². The standard InChI is InChI=1S/C22H19NO7/c1-4-28-22(27)19-18(12(2)24)13(3)30-21(19)23-17(25)10-9-14-11-29-16-8-6-5-7-15(16)20(14)26/h5-11H,4H2,1-3H3,(H,23,25)/b10-9+. The van der Waals surface area contributed by atoms with E-state index in [-0.39, 0.29) is 40.4 Å². The van der Waals surface area contributed by atoms with Crippen LogP contribution in [0, 0.1) is 6.92 Å². The second kappa shape index (κ2) is 8.60. The van der Waals surface area contributed by atoms with E-state index < -0.39 is 17.7 Å². The summed E-state index contributed by atoms with van der Waals surface area (Å²) in [7, 11) is 0. The third-order valence-electron chi connectivity index (χ3n) is 4.27. The van der Waals surface area contributed by atoms with E-state index in [2.05, 4.69) is 5.32 Å². The van der Waals surface area contributed by atoms with Crippen molar-refractivity contribution in [1.29, 1.82) is 0 Å². The molecule has 1 amide bonds. The highest BCUT2D eigenvalue weighted by Gasteiger charge is 2.28. The molecule has 3 aromatic rings.